The minimum Gasteiger partial charge on any atom is -0.393 e. The van der Waals surface area contributed by atoms with Gasteiger partial charge in [0.25, 0.3) is 0 Å². The molecule has 1 heterocycles. The molecule has 0 saturated carbocycles. The number of hydrogen-bond acceptors (Lipinski definition) is 4. The molecule has 90 valence electrons. The largest absolute Gasteiger partial charge is 0.393 e. The molecule has 6 nitrogen and oxygen atoms in total. The summed E-state index contributed by atoms with van der Waals surface area (Å²) < 4.78 is 5.17. The first-order valence-electron chi connectivity index (χ1n) is 4.93. The summed E-state index contributed by atoms with van der Waals surface area (Å²) in [4.78, 5) is 24.9. The number of ether oxygens (including phenoxy) is 1. The molecule has 0 radical (unpaired) electrons. The Balaban J connectivity index is 2.69. The molecule has 1 fully saturated rings. The van der Waals surface area contributed by atoms with E-state index in [1.165, 1.54) is 11.9 Å². The molecule has 2 amide bonds. The highest BCUT2D eigenvalue weighted by Gasteiger charge is 2.32. The maximum atomic E-state index is 11.8. The molecule has 1 aliphatic rings. The van der Waals surface area contributed by atoms with E-state index in [0.29, 0.717) is 13.2 Å². The number of carbonyl (C=O) groups excluding carboxylic acids is 2. The van der Waals surface area contributed by atoms with Crippen molar-refractivity contribution in [2.24, 2.45) is 5.73 Å². The molecule has 16 heavy (non-hydrogen) atoms. The van der Waals surface area contributed by atoms with Crippen LogP contribution < -0.4 is 11.1 Å². The number of rotatable bonds is 3. The topological polar surface area (TPSA) is 84.7 Å². The van der Waals surface area contributed by atoms with Gasteiger partial charge < -0.3 is 20.7 Å². The van der Waals surface area contributed by atoms with Crippen LogP contribution in [0.4, 0.5) is 0 Å². The fourth-order valence-electron chi connectivity index (χ4n) is 1.54. The third kappa shape index (κ3) is 3.14. The highest BCUT2D eigenvalue weighted by Crippen LogP contribution is 2.09. The van der Waals surface area contributed by atoms with Gasteiger partial charge in [-0.25, -0.2) is 0 Å². The SMILES string of the molecule is CNC(=O)C1COCCN1C(=O)CC(N)=S. The van der Waals surface area contributed by atoms with E-state index in [9.17, 15) is 9.59 Å². The van der Waals surface area contributed by atoms with Crippen LogP contribution in [0.15, 0.2) is 0 Å². The highest BCUT2D eigenvalue weighted by atomic mass is 32.1. The average molecular weight is 245 g/mol. The lowest BCUT2D eigenvalue weighted by atomic mass is 10.2. The fourth-order valence-corrected chi connectivity index (χ4v) is 1.66. The average Bonchev–Trinajstić information content (AvgIpc) is 2.27. The van der Waals surface area contributed by atoms with Crippen LogP contribution in [0.1, 0.15) is 6.42 Å². The van der Waals surface area contributed by atoms with E-state index >= 15 is 0 Å². The van der Waals surface area contributed by atoms with E-state index < -0.39 is 6.04 Å². The minimum atomic E-state index is -0.583. The van der Waals surface area contributed by atoms with Crippen molar-refractivity contribution in [3.8, 4) is 0 Å². The third-order valence-corrected chi connectivity index (χ3v) is 2.47. The van der Waals surface area contributed by atoms with Crippen LogP contribution in [0.25, 0.3) is 0 Å². The lowest BCUT2D eigenvalue weighted by molar-refractivity contribution is -0.147. The molecule has 0 aromatic rings. The zero-order valence-electron chi connectivity index (χ0n) is 9.06. The van der Waals surface area contributed by atoms with Crippen molar-refractivity contribution in [1.82, 2.24) is 10.2 Å². The van der Waals surface area contributed by atoms with Crippen molar-refractivity contribution in [2.75, 3.05) is 26.8 Å². The van der Waals surface area contributed by atoms with Crippen molar-refractivity contribution < 1.29 is 14.3 Å². The number of amides is 2. The normalized spacial score (nSPS) is 20.3. The molecule has 0 spiro atoms. The summed E-state index contributed by atoms with van der Waals surface area (Å²) in [7, 11) is 1.52. The van der Waals surface area contributed by atoms with E-state index in [1.54, 1.807) is 0 Å². The molecule has 3 N–H and O–H groups in total. The van der Waals surface area contributed by atoms with Crippen LogP contribution in [-0.2, 0) is 14.3 Å². The van der Waals surface area contributed by atoms with Gasteiger partial charge >= 0.3 is 0 Å². The number of morpholine rings is 1. The molecule has 0 aliphatic carbocycles. The second kappa shape index (κ2) is 5.76. The van der Waals surface area contributed by atoms with Gasteiger partial charge in [-0.15, -0.1) is 0 Å². The predicted octanol–water partition coefficient (Wildman–Crippen LogP) is -1.36. The number of nitrogens with one attached hydrogen (secondary N) is 1. The smallest absolute Gasteiger partial charge is 0.244 e. The number of carbonyl (C=O) groups is 2. The second-order valence-electron chi connectivity index (χ2n) is 3.44. The Morgan fingerprint density at radius 2 is 2.31 bits per heavy atom. The van der Waals surface area contributed by atoms with Crippen molar-refractivity contribution >= 4 is 29.0 Å². The van der Waals surface area contributed by atoms with Gasteiger partial charge in [-0.3, -0.25) is 9.59 Å². The second-order valence-corrected chi connectivity index (χ2v) is 3.96. The maximum absolute atomic E-state index is 11.8. The summed E-state index contributed by atoms with van der Waals surface area (Å²) in [5.74, 6) is -0.472. The van der Waals surface area contributed by atoms with Gasteiger partial charge in [-0.1, -0.05) is 12.2 Å². The Kier molecular flexibility index (Phi) is 4.63. The molecule has 0 aromatic heterocycles. The van der Waals surface area contributed by atoms with Gasteiger partial charge in [0.1, 0.15) is 6.04 Å². The van der Waals surface area contributed by atoms with E-state index in [0.717, 1.165) is 0 Å². The molecule has 1 rings (SSSR count). The van der Waals surface area contributed by atoms with Gasteiger partial charge in [0.05, 0.1) is 24.6 Å². The van der Waals surface area contributed by atoms with E-state index in [1.807, 2.05) is 0 Å². The molecule has 0 aromatic carbocycles. The molecule has 1 saturated heterocycles. The fraction of sp³-hybridized carbons (Fsp3) is 0.667. The zero-order valence-corrected chi connectivity index (χ0v) is 9.88. The Morgan fingerprint density at radius 3 is 2.88 bits per heavy atom. The number of nitrogens with two attached hydrogens (primary N) is 1. The molecule has 7 heteroatoms. The van der Waals surface area contributed by atoms with Gasteiger partial charge in [0.2, 0.25) is 11.8 Å². The monoisotopic (exact) mass is 245 g/mol. The summed E-state index contributed by atoms with van der Waals surface area (Å²) in [6.45, 7) is 1.03. The van der Waals surface area contributed by atoms with Crippen LogP contribution >= 0.6 is 12.2 Å². The van der Waals surface area contributed by atoms with Crippen molar-refractivity contribution in [3.05, 3.63) is 0 Å². The summed E-state index contributed by atoms with van der Waals surface area (Å²) in [6, 6.07) is -0.583. The number of nitrogens with zero attached hydrogens (tertiary/aromatic N) is 1. The standard InChI is InChI=1S/C9H15N3O3S/c1-11-9(14)6-5-15-3-2-12(6)8(13)4-7(10)16/h6H,2-5H2,1H3,(H2,10,16)(H,11,14). The molecule has 1 atom stereocenters. The van der Waals surface area contributed by atoms with E-state index in [-0.39, 0.29) is 29.8 Å². The van der Waals surface area contributed by atoms with Gasteiger partial charge in [-0.2, -0.15) is 0 Å². The number of hydrogen-bond donors (Lipinski definition) is 2. The van der Waals surface area contributed by atoms with Crippen LogP contribution in [0.5, 0.6) is 0 Å². The lowest BCUT2D eigenvalue weighted by Crippen LogP contribution is -2.55. The summed E-state index contributed by atoms with van der Waals surface area (Å²) in [6.07, 6.45) is -0.0111. The highest BCUT2D eigenvalue weighted by molar-refractivity contribution is 7.80. The van der Waals surface area contributed by atoms with E-state index in [2.05, 4.69) is 17.5 Å². The van der Waals surface area contributed by atoms with Crippen molar-refractivity contribution in [3.63, 3.8) is 0 Å². The Morgan fingerprint density at radius 1 is 1.62 bits per heavy atom. The molecule has 1 aliphatic heterocycles. The van der Waals surface area contributed by atoms with Crippen molar-refractivity contribution in [1.29, 1.82) is 0 Å². The Labute approximate surface area is 99.1 Å². The first kappa shape index (κ1) is 12.9. The van der Waals surface area contributed by atoms with Crippen LogP contribution in [0, 0.1) is 0 Å². The molecule has 0 bridgehead atoms. The first-order chi connectivity index (χ1) is 7.56. The summed E-state index contributed by atoms with van der Waals surface area (Å²) in [5, 5.41) is 2.50. The van der Waals surface area contributed by atoms with Gasteiger partial charge in [0.15, 0.2) is 0 Å². The molecule has 1 unspecified atom stereocenters. The summed E-state index contributed by atoms with van der Waals surface area (Å²) >= 11 is 4.67. The van der Waals surface area contributed by atoms with Gasteiger partial charge in [0, 0.05) is 13.6 Å². The lowest BCUT2D eigenvalue weighted by Gasteiger charge is -2.34. The van der Waals surface area contributed by atoms with Crippen LogP contribution in [0.2, 0.25) is 0 Å². The maximum Gasteiger partial charge on any atom is 0.244 e. The predicted molar refractivity (Wildman–Crippen MR) is 61.8 cm³/mol. The minimum absolute atomic E-state index is 0.0111. The zero-order chi connectivity index (χ0) is 12.1. The quantitative estimate of drug-likeness (QED) is 0.600. The van der Waals surface area contributed by atoms with Gasteiger partial charge in [-0.05, 0) is 0 Å². The van der Waals surface area contributed by atoms with Crippen molar-refractivity contribution in [2.45, 2.75) is 12.5 Å². The molecular formula is C9H15N3O3S. The summed E-state index contributed by atoms with van der Waals surface area (Å²) in [5.41, 5.74) is 5.31. The van der Waals surface area contributed by atoms with Crippen LogP contribution in [-0.4, -0.2) is 54.6 Å². The number of thiocarbonyl (C=S) groups is 1. The number of likely N-dealkylation sites (N-methyl/N-ethyl adjacent to an activating group) is 1. The third-order valence-electron chi connectivity index (χ3n) is 2.32. The molecular weight excluding hydrogens is 230 g/mol. The Bertz CT molecular complexity index is 308. The van der Waals surface area contributed by atoms with E-state index in [4.69, 9.17) is 10.5 Å². The first-order valence-corrected chi connectivity index (χ1v) is 5.34. The van der Waals surface area contributed by atoms with Crippen LogP contribution in [0.3, 0.4) is 0 Å². The Hall–Kier alpha value is -1.21.